The molecule has 0 saturated heterocycles. The van der Waals surface area contributed by atoms with Crippen molar-refractivity contribution in [1.29, 1.82) is 0 Å². The Kier molecular flexibility index (Phi) is 5.09. The van der Waals surface area contributed by atoms with Crippen molar-refractivity contribution in [2.45, 2.75) is 13.1 Å². The Morgan fingerprint density at radius 2 is 1.90 bits per heavy atom. The molecule has 0 fully saturated rings. The van der Waals surface area contributed by atoms with Gasteiger partial charge in [-0.1, -0.05) is 24.3 Å². The minimum Gasteiger partial charge on any atom is -0.329 e. The van der Waals surface area contributed by atoms with E-state index in [0.717, 1.165) is 43.0 Å². The number of aromatic nitrogens is 2. The van der Waals surface area contributed by atoms with Gasteiger partial charge in [0.15, 0.2) is 0 Å². The number of benzene rings is 1. The van der Waals surface area contributed by atoms with Crippen LogP contribution in [0.15, 0.2) is 49.6 Å². The molecule has 2 rings (SSSR count). The zero-order valence-corrected chi connectivity index (χ0v) is 11.8. The minimum absolute atomic E-state index is 0.607. The van der Waals surface area contributed by atoms with Crippen LogP contribution in [-0.2, 0) is 13.1 Å². The maximum absolute atomic E-state index is 5.73. The van der Waals surface area contributed by atoms with Gasteiger partial charge in [0.25, 0.3) is 0 Å². The van der Waals surface area contributed by atoms with Crippen LogP contribution in [0, 0.1) is 0 Å². The number of nitrogens with two attached hydrogens (primary N) is 1. The average molecular weight is 270 g/mol. The Labute approximate surface area is 120 Å². The predicted molar refractivity (Wildman–Crippen MR) is 84.5 cm³/mol. The fourth-order valence-electron chi connectivity index (χ4n) is 2.39. The summed E-state index contributed by atoms with van der Waals surface area (Å²) < 4.78 is 2.20. The standard InChI is InChI=1S/C16H22N4/c1-3-10-19(11-4-2)13-16-18-14-7-5-6-8-15(14)20(16)12-9-17/h3-8H,1-2,9-13,17H2. The summed E-state index contributed by atoms with van der Waals surface area (Å²) in [4.78, 5) is 6.98. The Balaban J connectivity index is 2.33. The molecular formula is C16H22N4. The van der Waals surface area contributed by atoms with E-state index in [0.29, 0.717) is 6.54 Å². The first-order valence-electron chi connectivity index (χ1n) is 6.88. The third-order valence-corrected chi connectivity index (χ3v) is 3.23. The Morgan fingerprint density at radius 3 is 2.55 bits per heavy atom. The zero-order valence-electron chi connectivity index (χ0n) is 11.8. The fraction of sp³-hybridized carbons (Fsp3) is 0.312. The largest absolute Gasteiger partial charge is 0.329 e. The molecular weight excluding hydrogens is 248 g/mol. The lowest BCUT2D eigenvalue weighted by Crippen LogP contribution is -2.26. The first kappa shape index (κ1) is 14.5. The molecule has 2 aromatic rings. The minimum atomic E-state index is 0.607. The van der Waals surface area contributed by atoms with Crippen molar-refractivity contribution in [2.75, 3.05) is 19.6 Å². The summed E-state index contributed by atoms with van der Waals surface area (Å²) in [6.07, 6.45) is 3.80. The van der Waals surface area contributed by atoms with Gasteiger partial charge in [0.1, 0.15) is 5.82 Å². The topological polar surface area (TPSA) is 47.1 Å². The van der Waals surface area contributed by atoms with Gasteiger partial charge in [-0.05, 0) is 12.1 Å². The van der Waals surface area contributed by atoms with Gasteiger partial charge >= 0.3 is 0 Å². The highest BCUT2D eigenvalue weighted by molar-refractivity contribution is 5.75. The molecule has 0 spiro atoms. The molecule has 0 bridgehead atoms. The first-order valence-corrected chi connectivity index (χ1v) is 6.88. The van der Waals surface area contributed by atoms with Crippen LogP contribution in [0.25, 0.3) is 11.0 Å². The number of hydrogen-bond acceptors (Lipinski definition) is 3. The van der Waals surface area contributed by atoms with Crippen molar-refractivity contribution in [3.63, 3.8) is 0 Å². The zero-order chi connectivity index (χ0) is 14.4. The Morgan fingerprint density at radius 1 is 1.20 bits per heavy atom. The van der Waals surface area contributed by atoms with Crippen LogP contribution in [0.2, 0.25) is 0 Å². The molecule has 0 amide bonds. The maximum Gasteiger partial charge on any atom is 0.124 e. The van der Waals surface area contributed by atoms with Crippen molar-refractivity contribution in [3.05, 3.63) is 55.4 Å². The summed E-state index contributed by atoms with van der Waals surface area (Å²) in [5.74, 6) is 1.04. The first-order chi connectivity index (χ1) is 9.80. The summed E-state index contributed by atoms with van der Waals surface area (Å²) in [6, 6.07) is 8.17. The van der Waals surface area contributed by atoms with E-state index in [4.69, 9.17) is 10.7 Å². The van der Waals surface area contributed by atoms with Gasteiger partial charge in [0.2, 0.25) is 0 Å². The van der Waals surface area contributed by atoms with Crippen molar-refractivity contribution < 1.29 is 0 Å². The van der Waals surface area contributed by atoms with Crippen LogP contribution in [0.3, 0.4) is 0 Å². The van der Waals surface area contributed by atoms with Gasteiger partial charge in [0.05, 0.1) is 17.6 Å². The molecule has 1 heterocycles. The third-order valence-electron chi connectivity index (χ3n) is 3.23. The number of fused-ring (bicyclic) bond motifs is 1. The fourth-order valence-corrected chi connectivity index (χ4v) is 2.39. The normalized spacial score (nSPS) is 11.1. The van der Waals surface area contributed by atoms with Crippen LogP contribution >= 0.6 is 0 Å². The molecule has 0 aliphatic heterocycles. The molecule has 0 aliphatic rings. The van der Waals surface area contributed by atoms with Crippen molar-refractivity contribution in [1.82, 2.24) is 14.5 Å². The highest BCUT2D eigenvalue weighted by Gasteiger charge is 2.12. The quantitative estimate of drug-likeness (QED) is 0.748. The van der Waals surface area contributed by atoms with Gasteiger partial charge < -0.3 is 10.3 Å². The number of imidazole rings is 1. The lowest BCUT2D eigenvalue weighted by molar-refractivity contribution is 0.314. The lowest BCUT2D eigenvalue weighted by atomic mass is 10.3. The number of nitrogens with zero attached hydrogens (tertiary/aromatic N) is 3. The smallest absolute Gasteiger partial charge is 0.124 e. The molecule has 1 aromatic carbocycles. The van der Waals surface area contributed by atoms with E-state index in [1.165, 1.54) is 0 Å². The Hall–Kier alpha value is -1.91. The van der Waals surface area contributed by atoms with Gasteiger partial charge in [0, 0.05) is 26.2 Å². The molecule has 1 aromatic heterocycles. The number of para-hydroxylation sites is 2. The van der Waals surface area contributed by atoms with Crippen LogP contribution in [0.4, 0.5) is 0 Å². The van der Waals surface area contributed by atoms with Crippen LogP contribution in [0.5, 0.6) is 0 Å². The molecule has 0 radical (unpaired) electrons. The summed E-state index contributed by atoms with van der Waals surface area (Å²) in [7, 11) is 0. The van der Waals surface area contributed by atoms with E-state index in [9.17, 15) is 0 Å². The second kappa shape index (κ2) is 7.03. The average Bonchev–Trinajstić information content (AvgIpc) is 2.78. The molecule has 0 aliphatic carbocycles. The SMILES string of the molecule is C=CCN(CC=C)Cc1nc2ccccc2n1CCN. The molecule has 4 nitrogen and oxygen atoms in total. The van der Waals surface area contributed by atoms with Crippen LogP contribution < -0.4 is 5.73 Å². The molecule has 0 saturated carbocycles. The van der Waals surface area contributed by atoms with Crippen molar-refractivity contribution >= 4 is 11.0 Å². The van der Waals surface area contributed by atoms with Gasteiger partial charge in [-0.15, -0.1) is 13.2 Å². The summed E-state index contributed by atoms with van der Waals surface area (Å²) in [5.41, 5.74) is 7.90. The van der Waals surface area contributed by atoms with Crippen molar-refractivity contribution in [2.24, 2.45) is 5.73 Å². The van der Waals surface area contributed by atoms with Gasteiger partial charge in [-0.2, -0.15) is 0 Å². The van der Waals surface area contributed by atoms with Gasteiger partial charge in [-0.3, -0.25) is 4.90 Å². The third kappa shape index (κ3) is 3.15. The summed E-state index contributed by atoms with van der Waals surface area (Å²) in [5, 5.41) is 0. The van der Waals surface area contributed by atoms with Crippen LogP contribution in [0.1, 0.15) is 5.82 Å². The van der Waals surface area contributed by atoms with Crippen molar-refractivity contribution in [3.8, 4) is 0 Å². The monoisotopic (exact) mass is 270 g/mol. The number of rotatable bonds is 8. The molecule has 0 unspecified atom stereocenters. The van der Waals surface area contributed by atoms with Gasteiger partial charge in [-0.25, -0.2) is 4.98 Å². The lowest BCUT2D eigenvalue weighted by Gasteiger charge is -2.19. The molecule has 2 N–H and O–H groups in total. The van der Waals surface area contributed by atoms with E-state index in [1.54, 1.807) is 0 Å². The van der Waals surface area contributed by atoms with E-state index < -0.39 is 0 Å². The van der Waals surface area contributed by atoms with E-state index in [-0.39, 0.29) is 0 Å². The molecule has 20 heavy (non-hydrogen) atoms. The predicted octanol–water partition coefficient (Wildman–Crippen LogP) is 2.17. The molecule has 106 valence electrons. The highest BCUT2D eigenvalue weighted by Crippen LogP contribution is 2.17. The van der Waals surface area contributed by atoms with E-state index in [1.807, 2.05) is 30.4 Å². The Bertz CT molecular complexity index is 575. The molecule has 0 atom stereocenters. The van der Waals surface area contributed by atoms with E-state index >= 15 is 0 Å². The number of hydrogen-bond donors (Lipinski definition) is 1. The summed E-state index contributed by atoms with van der Waals surface area (Å²) >= 11 is 0. The van der Waals surface area contributed by atoms with E-state index in [2.05, 4.69) is 28.7 Å². The summed E-state index contributed by atoms with van der Waals surface area (Å²) in [6.45, 7) is 11.4. The molecule has 4 heteroatoms. The second-order valence-corrected chi connectivity index (χ2v) is 4.73. The highest BCUT2D eigenvalue weighted by atomic mass is 15.2. The maximum atomic E-state index is 5.73. The van der Waals surface area contributed by atoms with Crippen LogP contribution in [-0.4, -0.2) is 34.1 Å². The second-order valence-electron chi connectivity index (χ2n) is 4.73.